The number of methoxy groups -OCH3 is 1. The van der Waals surface area contributed by atoms with Gasteiger partial charge in [-0.15, -0.1) is 0 Å². The third-order valence-electron chi connectivity index (χ3n) is 5.23. The third kappa shape index (κ3) is 2.30. The van der Waals surface area contributed by atoms with Crippen LogP contribution >= 0.6 is 0 Å². The van der Waals surface area contributed by atoms with E-state index in [1.54, 1.807) is 24.1 Å². The fraction of sp³-hybridized carbons (Fsp3) is 0.300. The number of carbonyl (C=O) groups is 2. The molecule has 0 aliphatic carbocycles. The summed E-state index contributed by atoms with van der Waals surface area (Å²) >= 11 is 0. The fourth-order valence-electron chi connectivity index (χ4n) is 3.87. The molecule has 0 aromatic heterocycles. The van der Waals surface area contributed by atoms with Crippen molar-refractivity contribution in [2.45, 2.75) is 32.0 Å². The van der Waals surface area contributed by atoms with E-state index in [0.29, 0.717) is 36.4 Å². The summed E-state index contributed by atoms with van der Waals surface area (Å²) in [7, 11) is 1.57. The standard InChI is InChI=1S/C20H20N2O3/c1-20-11-10-18(23)22(20)17-9-8-15(25-2)12-16(17)19(24)21(20)13-14-6-4-3-5-7-14/h3-9,12H,10-11,13H2,1-2H3. The summed E-state index contributed by atoms with van der Waals surface area (Å²) in [6.45, 7) is 2.45. The summed E-state index contributed by atoms with van der Waals surface area (Å²) in [5, 5.41) is 0. The molecule has 0 spiro atoms. The molecule has 2 aromatic carbocycles. The third-order valence-corrected chi connectivity index (χ3v) is 5.23. The number of hydrogen-bond acceptors (Lipinski definition) is 3. The lowest BCUT2D eigenvalue weighted by molar-refractivity contribution is -0.117. The van der Waals surface area contributed by atoms with Crippen LogP contribution in [0.4, 0.5) is 5.69 Å². The van der Waals surface area contributed by atoms with Crippen LogP contribution in [-0.2, 0) is 11.3 Å². The largest absolute Gasteiger partial charge is 0.497 e. The summed E-state index contributed by atoms with van der Waals surface area (Å²) in [5.74, 6) is 0.604. The Balaban J connectivity index is 1.84. The van der Waals surface area contributed by atoms with Gasteiger partial charge in [0.2, 0.25) is 5.91 Å². The summed E-state index contributed by atoms with van der Waals surface area (Å²) in [5.41, 5.74) is 1.61. The first kappa shape index (κ1) is 15.7. The van der Waals surface area contributed by atoms with Crippen LogP contribution in [0.15, 0.2) is 48.5 Å². The first-order valence-corrected chi connectivity index (χ1v) is 8.41. The molecule has 0 saturated carbocycles. The molecule has 2 amide bonds. The zero-order valence-electron chi connectivity index (χ0n) is 14.4. The minimum Gasteiger partial charge on any atom is -0.497 e. The van der Waals surface area contributed by atoms with E-state index in [1.807, 2.05) is 48.2 Å². The van der Waals surface area contributed by atoms with Crippen molar-refractivity contribution in [3.63, 3.8) is 0 Å². The minimum absolute atomic E-state index is 0.0551. The van der Waals surface area contributed by atoms with Gasteiger partial charge >= 0.3 is 0 Å². The van der Waals surface area contributed by atoms with E-state index in [9.17, 15) is 9.59 Å². The van der Waals surface area contributed by atoms with Crippen LogP contribution in [-0.4, -0.2) is 29.5 Å². The van der Waals surface area contributed by atoms with Gasteiger partial charge in [-0.25, -0.2) is 0 Å². The smallest absolute Gasteiger partial charge is 0.258 e. The van der Waals surface area contributed by atoms with Gasteiger partial charge in [0.05, 0.1) is 18.4 Å². The van der Waals surface area contributed by atoms with Gasteiger partial charge < -0.3 is 9.64 Å². The highest BCUT2D eigenvalue weighted by molar-refractivity contribution is 6.10. The molecule has 5 heteroatoms. The van der Waals surface area contributed by atoms with E-state index in [4.69, 9.17) is 4.74 Å². The molecular formula is C20H20N2O3. The van der Waals surface area contributed by atoms with Crippen molar-refractivity contribution >= 4 is 17.5 Å². The Hall–Kier alpha value is -2.82. The molecule has 1 saturated heterocycles. The molecule has 4 rings (SSSR count). The van der Waals surface area contributed by atoms with Crippen LogP contribution < -0.4 is 9.64 Å². The number of carbonyl (C=O) groups excluding carboxylic acids is 2. The Morgan fingerprint density at radius 3 is 2.60 bits per heavy atom. The quantitative estimate of drug-likeness (QED) is 0.865. The average Bonchev–Trinajstić information content (AvgIpc) is 2.95. The number of anilines is 1. The van der Waals surface area contributed by atoms with Crippen molar-refractivity contribution in [3.8, 4) is 5.75 Å². The normalized spacial score (nSPS) is 22.0. The molecule has 128 valence electrons. The molecule has 1 fully saturated rings. The van der Waals surface area contributed by atoms with E-state index < -0.39 is 5.66 Å². The van der Waals surface area contributed by atoms with Gasteiger partial charge in [0.15, 0.2) is 0 Å². The number of ether oxygens (including phenoxy) is 1. The Morgan fingerprint density at radius 1 is 1.12 bits per heavy atom. The summed E-state index contributed by atoms with van der Waals surface area (Å²) in [6.07, 6.45) is 1.08. The molecule has 2 aliphatic rings. The van der Waals surface area contributed by atoms with E-state index >= 15 is 0 Å². The van der Waals surface area contributed by atoms with E-state index in [-0.39, 0.29) is 11.8 Å². The lowest BCUT2D eigenvalue weighted by atomic mass is 9.97. The fourth-order valence-corrected chi connectivity index (χ4v) is 3.87. The van der Waals surface area contributed by atoms with Crippen LogP contribution in [0.25, 0.3) is 0 Å². The predicted molar refractivity (Wildman–Crippen MR) is 94.4 cm³/mol. The molecule has 0 radical (unpaired) electrons. The maximum atomic E-state index is 13.3. The maximum Gasteiger partial charge on any atom is 0.258 e. The van der Waals surface area contributed by atoms with Gasteiger partial charge in [-0.05, 0) is 37.1 Å². The topological polar surface area (TPSA) is 49.9 Å². The number of rotatable bonds is 3. The SMILES string of the molecule is COc1ccc2c(c1)C(=O)N(Cc1ccccc1)C1(C)CCC(=O)N21. The lowest BCUT2D eigenvalue weighted by Gasteiger charge is -2.48. The number of fused-ring (bicyclic) bond motifs is 3. The van der Waals surface area contributed by atoms with Gasteiger partial charge in [0.25, 0.3) is 5.91 Å². The van der Waals surface area contributed by atoms with Gasteiger partial charge in [0.1, 0.15) is 11.4 Å². The number of hydrogen-bond donors (Lipinski definition) is 0. The average molecular weight is 336 g/mol. The zero-order chi connectivity index (χ0) is 17.6. The zero-order valence-corrected chi connectivity index (χ0v) is 14.4. The van der Waals surface area contributed by atoms with E-state index in [0.717, 1.165) is 5.56 Å². The van der Waals surface area contributed by atoms with E-state index in [2.05, 4.69) is 0 Å². The molecule has 0 bridgehead atoms. The minimum atomic E-state index is -0.633. The molecule has 2 aromatic rings. The van der Waals surface area contributed by atoms with Crippen molar-refractivity contribution in [1.82, 2.24) is 4.90 Å². The second-order valence-electron chi connectivity index (χ2n) is 6.71. The van der Waals surface area contributed by atoms with Crippen molar-refractivity contribution in [2.24, 2.45) is 0 Å². The monoisotopic (exact) mass is 336 g/mol. The van der Waals surface area contributed by atoms with Crippen molar-refractivity contribution < 1.29 is 14.3 Å². The number of nitrogens with zero attached hydrogens (tertiary/aromatic N) is 2. The van der Waals surface area contributed by atoms with Crippen LogP contribution in [0.3, 0.4) is 0 Å². The highest BCUT2D eigenvalue weighted by atomic mass is 16.5. The molecule has 2 heterocycles. The van der Waals surface area contributed by atoms with Gasteiger partial charge in [-0.3, -0.25) is 14.5 Å². The van der Waals surface area contributed by atoms with Crippen molar-refractivity contribution in [3.05, 3.63) is 59.7 Å². The number of amides is 2. The Bertz CT molecular complexity index is 849. The number of benzene rings is 2. The highest BCUT2D eigenvalue weighted by Crippen LogP contribution is 2.45. The van der Waals surface area contributed by atoms with Crippen LogP contribution in [0.2, 0.25) is 0 Å². The first-order valence-electron chi connectivity index (χ1n) is 8.41. The van der Waals surface area contributed by atoms with Gasteiger partial charge in [-0.1, -0.05) is 30.3 Å². The van der Waals surface area contributed by atoms with Crippen LogP contribution in [0.1, 0.15) is 35.7 Å². The second-order valence-corrected chi connectivity index (χ2v) is 6.71. The predicted octanol–water partition coefficient (Wildman–Crippen LogP) is 3.19. The molecular weight excluding hydrogens is 316 g/mol. The summed E-state index contributed by atoms with van der Waals surface area (Å²) in [4.78, 5) is 29.5. The summed E-state index contributed by atoms with van der Waals surface area (Å²) < 4.78 is 5.27. The second kappa shape index (κ2) is 5.62. The highest BCUT2D eigenvalue weighted by Gasteiger charge is 2.53. The molecule has 1 unspecified atom stereocenters. The Morgan fingerprint density at radius 2 is 1.88 bits per heavy atom. The molecule has 0 N–H and O–H groups in total. The first-order chi connectivity index (χ1) is 12.0. The van der Waals surface area contributed by atoms with Crippen LogP contribution in [0.5, 0.6) is 5.75 Å². The molecule has 5 nitrogen and oxygen atoms in total. The molecule has 25 heavy (non-hydrogen) atoms. The van der Waals surface area contributed by atoms with Crippen molar-refractivity contribution in [1.29, 1.82) is 0 Å². The molecule has 1 atom stereocenters. The lowest BCUT2D eigenvalue weighted by Crippen LogP contribution is -2.61. The Labute approximate surface area is 146 Å². The van der Waals surface area contributed by atoms with Crippen molar-refractivity contribution in [2.75, 3.05) is 12.0 Å². The van der Waals surface area contributed by atoms with Crippen LogP contribution in [0, 0.1) is 0 Å². The maximum absolute atomic E-state index is 13.3. The van der Waals surface area contributed by atoms with Gasteiger partial charge in [0, 0.05) is 13.0 Å². The Kier molecular flexibility index (Phi) is 3.53. The molecule has 2 aliphatic heterocycles. The summed E-state index contributed by atoms with van der Waals surface area (Å²) in [6, 6.07) is 15.2. The van der Waals surface area contributed by atoms with E-state index in [1.165, 1.54) is 0 Å². The van der Waals surface area contributed by atoms with Gasteiger partial charge in [-0.2, -0.15) is 0 Å².